The molecule has 1 amide bonds. The number of nitrogens with two attached hydrogens (primary N) is 1. The van der Waals surface area contributed by atoms with Gasteiger partial charge in [-0.15, -0.1) is 0 Å². The zero-order valence-corrected chi connectivity index (χ0v) is 12.9. The minimum absolute atomic E-state index is 0.121. The summed E-state index contributed by atoms with van der Waals surface area (Å²) in [5.74, 6) is -1.70. The van der Waals surface area contributed by atoms with E-state index in [1.165, 1.54) is 49.4 Å². The Balaban J connectivity index is 2.00. The number of carbonyl (C=O) groups is 2. The summed E-state index contributed by atoms with van der Waals surface area (Å²) in [6, 6.07) is 9.56. The largest absolute Gasteiger partial charge is 0.449 e. The van der Waals surface area contributed by atoms with Gasteiger partial charge >= 0.3 is 5.97 Å². The number of nitrogens with one attached hydrogen (secondary N) is 1. The second-order valence-corrected chi connectivity index (χ2v) is 5.21. The van der Waals surface area contributed by atoms with Crippen LogP contribution in [0, 0.1) is 5.82 Å². The number of nitrogen functional groups attached to an aromatic ring is 1. The predicted octanol–water partition coefficient (Wildman–Crippen LogP) is 3.25. The Morgan fingerprint density at radius 2 is 1.87 bits per heavy atom. The minimum atomic E-state index is -1.05. The van der Waals surface area contributed by atoms with Crippen LogP contribution < -0.4 is 11.1 Å². The van der Waals surface area contributed by atoms with Crippen molar-refractivity contribution < 1.29 is 18.7 Å². The van der Waals surface area contributed by atoms with E-state index in [2.05, 4.69) is 5.32 Å². The summed E-state index contributed by atoms with van der Waals surface area (Å²) >= 11 is 5.76. The van der Waals surface area contributed by atoms with Crippen LogP contribution in [-0.4, -0.2) is 18.0 Å². The summed E-state index contributed by atoms with van der Waals surface area (Å²) < 4.78 is 17.9. The molecule has 5 nitrogen and oxygen atoms in total. The number of hydrogen-bond donors (Lipinski definition) is 2. The maximum absolute atomic E-state index is 12.8. The van der Waals surface area contributed by atoms with Gasteiger partial charge in [0.05, 0.1) is 5.56 Å². The summed E-state index contributed by atoms with van der Waals surface area (Å²) in [7, 11) is 0. The average Bonchev–Trinajstić information content (AvgIpc) is 2.49. The molecule has 1 atom stereocenters. The van der Waals surface area contributed by atoms with E-state index >= 15 is 0 Å². The summed E-state index contributed by atoms with van der Waals surface area (Å²) in [4.78, 5) is 24.0. The van der Waals surface area contributed by atoms with Crippen LogP contribution >= 0.6 is 11.6 Å². The summed E-state index contributed by atoms with van der Waals surface area (Å²) in [6.07, 6.45) is -1.05. The van der Waals surface area contributed by atoms with Gasteiger partial charge in [-0.1, -0.05) is 11.6 Å². The number of anilines is 2. The van der Waals surface area contributed by atoms with E-state index in [9.17, 15) is 14.0 Å². The van der Waals surface area contributed by atoms with E-state index < -0.39 is 23.8 Å². The monoisotopic (exact) mass is 336 g/mol. The van der Waals surface area contributed by atoms with Crippen LogP contribution in [0.25, 0.3) is 0 Å². The Bertz CT molecular complexity index is 735. The molecule has 2 aromatic carbocycles. The topological polar surface area (TPSA) is 81.4 Å². The summed E-state index contributed by atoms with van der Waals surface area (Å²) in [5.41, 5.74) is 6.37. The maximum Gasteiger partial charge on any atom is 0.341 e. The van der Waals surface area contributed by atoms with Gasteiger partial charge in [0.15, 0.2) is 6.10 Å². The van der Waals surface area contributed by atoms with E-state index in [-0.39, 0.29) is 11.3 Å². The molecule has 0 aliphatic heterocycles. The lowest BCUT2D eigenvalue weighted by atomic mass is 10.2. The Morgan fingerprint density at radius 1 is 1.22 bits per heavy atom. The number of esters is 1. The van der Waals surface area contributed by atoms with E-state index in [0.29, 0.717) is 10.7 Å². The molecule has 2 rings (SSSR count). The molecule has 0 radical (unpaired) electrons. The second-order valence-electron chi connectivity index (χ2n) is 4.78. The average molecular weight is 337 g/mol. The molecule has 7 heteroatoms. The van der Waals surface area contributed by atoms with E-state index in [1.807, 2.05) is 0 Å². The lowest BCUT2D eigenvalue weighted by Gasteiger charge is -2.14. The van der Waals surface area contributed by atoms with Crippen LogP contribution in [0.1, 0.15) is 17.3 Å². The smallest absolute Gasteiger partial charge is 0.341 e. The molecular weight excluding hydrogens is 323 g/mol. The lowest BCUT2D eigenvalue weighted by molar-refractivity contribution is -0.123. The quantitative estimate of drug-likeness (QED) is 0.663. The highest BCUT2D eigenvalue weighted by Gasteiger charge is 2.20. The van der Waals surface area contributed by atoms with Crippen molar-refractivity contribution in [3.63, 3.8) is 0 Å². The van der Waals surface area contributed by atoms with Crippen LogP contribution in [0.3, 0.4) is 0 Å². The van der Waals surface area contributed by atoms with E-state index in [0.717, 1.165) is 0 Å². The maximum atomic E-state index is 12.8. The van der Waals surface area contributed by atoms with Crippen molar-refractivity contribution >= 4 is 34.9 Å². The molecule has 0 unspecified atom stereocenters. The van der Waals surface area contributed by atoms with Crippen LogP contribution in [0.2, 0.25) is 5.02 Å². The van der Waals surface area contributed by atoms with Gasteiger partial charge < -0.3 is 15.8 Å². The SMILES string of the molecule is C[C@H](OC(=O)c1ccc(Cl)cc1N)C(=O)Nc1ccc(F)cc1. The summed E-state index contributed by atoms with van der Waals surface area (Å²) in [5, 5.41) is 2.90. The highest BCUT2D eigenvalue weighted by molar-refractivity contribution is 6.31. The van der Waals surface area contributed by atoms with Gasteiger partial charge in [-0.3, -0.25) is 4.79 Å². The van der Waals surface area contributed by atoms with Gasteiger partial charge in [0.1, 0.15) is 5.82 Å². The van der Waals surface area contributed by atoms with Crippen LogP contribution in [0.5, 0.6) is 0 Å². The zero-order valence-electron chi connectivity index (χ0n) is 12.2. The third kappa shape index (κ3) is 4.43. The molecule has 120 valence electrons. The van der Waals surface area contributed by atoms with Gasteiger partial charge in [0.25, 0.3) is 5.91 Å². The zero-order chi connectivity index (χ0) is 17.0. The van der Waals surface area contributed by atoms with Gasteiger partial charge in [-0.2, -0.15) is 0 Å². The third-order valence-electron chi connectivity index (χ3n) is 3.00. The molecular formula is C16H14ClFN2O3. The van der Waals surface area contributed by atoms with E-state index in [1.54, 1.807) is 0 Å². The molecule has 0 fully saturated rings. The molecule has 2 aromatic rings. The molecule has 0 saturated carbocycles. The van der Waals surface area contributed by atoms with Gasteiger partial charge in [-0.25, -0.2) is 9.18 Å². The predicted molar refractivity (Wildman–Crippen MR) is 85.8 cm³/mol. The van der Waals surface area contributed by atoms with Crippen molar-refractivity contribution in [3.8, 4) is 0 Å². The number of hydrogen-bond acceptors (Lipinski definition) is 4. The minimum Gasteiger partial charge on any atom is -0.449 e. The third-order valence-corrected chi connectivity index (χ3v) is 3.23. The Labute approximate surface area is 137 Å². The Hall–Kier alpha value is -2.60. The molecule has 0 heterocycles. The van der Waals surface area contributed by atoms with Crippen molar-refractivity contribution in [2.45, 2.75) is 13.0 Å². The second kappa shape index (κ2) is 7.11. The molecule has 0 bridgehead atoms. The van der Waals surface area contributed by atoms with Gasteiger partial charge in [0.2, 0.25) is 0 Å². The number of rotatable bonds is 4. The first-order valence-electron chi connectivity index (χ1n) is 6.69. The highest BCUT2D eigenvalue weighted by Crippen LogP contribution is 2.19. The normalized spacial score (nSPS) is 11.6. The number of carbonyl (C=O) groups excluding carboxylic acids is 2. The van der Waals surface area contributed by atoms with Crippen LogP contribution in [0.15, 0.2) is 42.5 Å². The Morgan fingerprint density at radius 3 is 2.48 bits per heavy atom. The van der Waals surface area contributed by atoms with Gasteiger partial charge in [-0.05, 0) is 49.4 Å². The lowest BCUT2D eigenvalue weighted by Crippen LogP contribution is -2.30. The highest BCUT2D eigenvalue weighted by atomic mass is 35.5. The number of amides is 1. The fourth-order valence-corrected chi connectivity index (χ4v) is 1.95. The molecule has 0 aliphatic rings. The first-order valence-corrected chi connectivity index (χ1v) is 7.07. The fourth-order valence-electron chi connectivity index (χ4n) is 1.77. The number of ether oxygens (including phenoxy) is 1. The van der Waals surface area contributed by atoms with Crippen LogP contribution in [-0.2, 0) is 9.53 Å². The number of halogens is 2. The Kier molecular flexibility index (Phi) is 5.18. The van der Waals surface area contributed by atoms with Gasteiger partial charge in [0, 0.05) is 16.4 Å². The standard InChI is InChI=1S/C16H14ClFN2O3/c1-9(15(21)20-12-5-3-11(18)4-6-12)23-16(22)13-7-2-10(17)8-14(13)19/h2-9H,19H2,1H3,(H,20,21)/t9-/m0/s1. The van der Waals surface area contributed by atoms with Crippen LogP contribution in [0.4, 0.5) is 15.8 Å². The molecule has 23 heavy (non-hydrogen) atoms. The van der Waals surface area contributed by atoms with Crippen molar-refractivity contribution in [2.24, 2.45) is 0 Å². The first-order chi connectivity index (χ1) is 10.9. The van der Waals surface area contributed by atoms with Crippen molar-refractivity contribution in [2.75, 3.05) is 11.1 Å². The number of benzene rings is 2. The molecule has 0 aliphatic carbocycles. The molecule has 0 spiro atoms. The molecule has 3 N–H and O–H groups in total. The first kappa shape index (κ1) is 16.8. The van der Waals surface area contributed by atoms with E-state index in [4.69, 9.17) is 22.1 Å². The molecule has 0 saturated heterocycles. The fraction of sp³-hybridized carbons (Fsp3) is 0.125. The van der Waals surface area contributed by atoms with Crippen molar-refractivity contribution in [1.29, 1.82) is 0 Å². The summed E-state index contributed by atoms with van der Waals surface area (Å²) in [6.45, 7) is 1.42. The van der Waals surface area contributed by atoms with Crippen molar-refractivity contribution in [1.82, 2.24) is 0 Å². The molecule has 0 aromatic heterocycles. The van der Waals surface area contributed by atoms with Crippen molar-refractivity contribution in [3.05, 3.63) is 58.9 Å².